The number of carboxylic acids is 1. The summed E-state index contributed by atoms with van der Waals surface area (Å²) in [5.74, 6) is -2.66. The van der Waals surface area contributed by atoms with Crippen molar-refractivity contribution in [2.75, 3.05) is 18.4 Å². The summed E-state index contributed by atoms with van der Waals surface area (Å²) in [6, 6.07) is 14.1. The first-order chi connectivity index (χ1) is 16.1. The first kappa shape index (κ1) is 25.5. The van der Waals surface area contributed by atoms with Gasteiger partial charge in [-0.05, 0) is 49.6 Å². The third-order valence-electron chi connectivity index (χ3n) is 5.36. The fourth-order valence-corrected chi connectivity index (χ4v) is 4.23. The Balaban J connectivity index is 0.000000406. The number of hydrogen-bond acceptors (Lipinski definition) is 4. The number of carboxylic acid groups (broad SMARTS) is 1. The normalized spacial score (nSPS) is 15.9. The zero-order chi connectivity index (χ0) is 24.9. The second kappa shape index (κ2) is 10.9. The second-order valence-electron chi connectivity index (χ2n) is 7.91. The molecule has 6 nitrogen and oxygen atoms in total. The van der Waals surface area contributed by atoms with E-state index >= 15 is 0 Å². The minimum Gasteiger partial charge on any atom is -0.475 e. The van der Waals surface area contributed by atoms with Crippen molar-refractivity contribution in [3.05, 3.63) is 70.5 Å². The number of nitrogens with zero attached hydrogens (tertiary/aromatic N) is 2. The van der Waals surface area contributed by atoms with Gasteiger partial charge < -0.3 is 15.3 Å². The van der Waals surface area contributed by atoms with Crippen molar-refractivity contribution in [2.45, 2.75) is 32.0 Å². The van der Waals surface area contributed by atoms with Crippen LogP contribution in [-0.2, 0) is 4.79 Å². The third-order valence-corrected chi connectivity index (χ3v) is 5.85. The molecular weight excluding hydrogens is 515 g/mol. The number of hydrogen-bond donors (Lipinski definition) is 2. The lowest BCUT2D eigenvalue weighted by Gasteiger charge is -2.34. The maximum atomic E-state index is 12.9. The van der Waals surface area contributed by atoms with Gasteiger partial charge in [-0.25, -0.2) is 4.79 Å². The van der Waals surface area contributed by atoms with Gasteiger partial charge in [0.25, 0.3) is 5.91 Å². The second-order valence-corrected chi connectivity index (χ2v) is 8.82. The number of anilines is 1. The van der Waals surface area contributed by atoms with Crippen LogP contribution in [0.5, 0.6) is 0 Å². The van der Waals surface area contributed by atoms with Gasteiger partial charge in [-0.2, -0.15) is 13.2 Å². The van der Waals surface area contributed by atoms with Gasteiger partial charge in [-0.15, -0.1) is 0 Å². The number of aliphatic carboxylic acids is 1. The molecule has 10 heteroatoms. The topological polar surface area (TPSA) is 82.5 Å². The number of carbonyl (C=O) groups excluding carboxylic acids is 1. The Hall–Kier alpha value is -3.14. The molecule has 0 saturated carbocycles. The van der Waals surface area contributed by atoms with Crippen LogP contribution in [0.15, 0.2) is 59.3 Å². The molecule has 0 spiro atoms. The van der Waals surface area contributed by atoms with E-state index in [1.165, 1.54) is 5.39 Å². The Morgan fingerprint density at radius 3 is 2.56 bits per heavy atom. The van der Waals surface area contributed by atoms with Crippen molar-refractivity contribution in [2.24, 2.45) is 0 Å². The summed E-state index contributed by atoms with van der Waals surface area (Å²) in [7, 11) is 0. The molecule has 1 fully saturated rings. The van der Waals surface area contributed by atoms with Crippen molar-refractivity contribution < 1.29 is 27.9 Å². The predicted octanol–water partition coefficient (Wildman–Crippen LogP) is 5.66. The third kappa shape index (κ3) is 6.47. The van der Waals surface area contributed by atoms with E-state index < -0.39 is 12.1 Å². The Labute approximate surface area is 202 Å². The number of rotatable bonds is 3. The molecule has 34 heavy (non-hydrogen) atoms. The van der Waals surface area contributed by atoms with Gasteiger partial charge in [0.15, 0.2) is 0 Å². The van der Waals surface area contributed by atoms with Crippen molar-refractivity contribution in [1.82, 2.24) is 9.88 Å². The molecule has 1 atom stereocenters. The van der Waals surface area contributed by atoms with Gasteiger partial charge in [-0.3, -0.25) is 9.78 Å². The van der Waals surface area contributed by atoms with Crippen LogP contribution in [0.4, 0.5) is 18.9 Å². The zero-order valence-corrected chi connectivity index (χ0v) is 19.9. The first-order valence-corrected chi connectivity index (χ1v) is 11.3. The fourth-order valence-electron chi connectivity index (χ4n) is 3.84. The van der Waals surface area contributed by atoms with Crippen LogP contribution < -0.4 is 5.32 Å². The molecule has 2 heterocycles. The van der Waals surface area contributed by atoms with Crippen LogP contribution in [-0.4, -0.2) is 52.2 Å². The minimum atomic E-state index is -5.08. The van der Waals surface area contributed by atoms with Crippen molar-refractivity contribution in [1.29, 1.82) is 0 Å². The summed E-state index contributed by atoms with van der Waals surface area (Å²) in [6.45, 7) is 3.61. The van der Waals surface area contributed by atoms with Crippen LogP contribution in [0.3, 0.4) is 0 Å². The molecule has 4 rings (SSSR count). The SMILES string of the molecule is Cc1cncc2cccc(NC3CCCN(C(=O)c4cccc(Br)c4)C3)c12.O=C(O)C(F)(F)F. The van der Waals surface area contributed by atoms with E-state index in [-0.39, 0.29) is 11.9 Å². The van der Waals surface area contributed by atoms with Crippen molar-refractivity contribution in [3.8, 4) is 0 Å². The van der Waals surface area contributed by atoms with Crippen molar-refractivity contribution in [3.63, 3.8) is 0 Å². The number of piperidine rings is 1. The zero-order valence-electron chi connectivity index (χ0n) is 18.3. The number of pyridine rings is 1. The predicted molar refractivity (Wildman–Crippen MR) is 127 cm³/mol. The Kier molecular flexibility index (Phi) is 8.14. The fraction of sp³-hybridized carbons (Fsp3) is 0.292. The number of benzene rings is 2. The summed E-state index contributed by atoms with van der Waals surface area (Å²) in [6.07, 6.45) is 0.778. The number of carbonyl (C=O) groups is 2. The molecule has 1 unspecified atom stereocenters. The van der Waals surface area contributed by atoms with Gasteiger partial charge in [-0.1, -0.05) is 34.1 Å². The molecule has 3 aromatic rings. The van der Waals surface area contributed by atoms with E-state index in [2.05, 4.69) is 51.4 Å². The summed E-state index contributed by atoms with van der Waals surface area (Å²) >= 11 is 3.45. The van der Waals surface area contributed by atoms with Crippen LogP contribution in [0.2, 0.25) is 0 Å². The van der Waals surface area contributed by atoms with Gasteiger partial charge in [0.05, 0.1) is 0 Å². The van der Waals surface area contributed by atoms with Crippen LogP contribution >= 0.6 is 15.9 Å². The quantitative estimate of drug-likeness (QED) is 0.450. The molecule has 2 N–H and O–H groups in total. The number of likely N-dealkylation sites (tertiary alicyclic amines) is 1. The summed E-state index contributed by atoms with van der Waals surface area (Å²) in [5.41, 5.74) is 3.01. The largest absolute Gasteiger partial charge is 0.490 e. The molecule has 1 aromatic heterocycles. The van der Waals surface area contributed by atoms with Crippen LogP contribution in [0, 0.1) is 6.92 Å². The number of amides is 1. The maximum Gasteiger partial charge on any atom is 0.490 e. The van der Waals surface area contributed by atoms with E-state index in [1.54, 1.807) is 0 Å². The minimum absolute atomic E-state index is 0.0982. The van der Waals surface area contributed by atoms with E-state index in [4.69, 9.17) is 9.90 Å². The molecule has 2 aromatic carbocycles. The highest BCUT2D eigenvalue weighted by Crippen LogP contribution is 2.28. The Morgan fingerprint density at radius 1 is 1.18 bits per heavy atom. The van der Waals surface area contributed by atoms with Gasteiger partial charge in [0.2, 0.25) is 0 Å². The van der Waals surface area contributed by atoms with Gasteiger partial charge in [0.1, 0.15) is 0 Å². The number of aromatic nitrogens is 1. The smallest absolute Gasteiger partial charge is 0.475 e. The summed E-state index contributed by atoms with van der Waals surface area (Å²) in [4.78, 5) is 28.0. The van der Waals surface area contributed by atoms with E-state index in [0.717, 1.165) is 46.1 Å². The van der Waals surface area contributed by atoms with E-state index in [9.17, 15) is 18.0 Å². The molecule has 1 saturated heterocycles. The number of halogens is 4. The van der Waals surface area contributed by atoms with Gasteiger partial charge in [0, 0.05) is 58.0 Å². The standard InChI is InChI=1S/C22H22BrN3O.C2HF3O2/c1-15-12-24-13-17-6-3-9-20(21(15)17)25-19-8-4-10-26(14-19)22(27)16-5-2-7-18(23)11-16;3-2(4,5)1(6)7/h2-3,5-7,9,11-13,19,25H,4,8,10,14H2,1H3;(H,6,7). The van der Waals surface area contributed by atoms with E-state index in [1.807, 2.05) is 41.6 Å². The van der Waals surface area contributed by atoms with E-state index in [0.29, 0.717) is 6.54 Å². The monoisotopic (exact) mass is 537 g/mol. The highest BCUT2D eigenvalue weighted by Gasteiger charge is 2.38. The number of alkyl halides is 3. The average Bonchev–Trinajstić information content (AvgIpc) is 2.79. The van der Waals surface area contributed by atoms with Crippen molar-refractivity contribution >= 4 is 44.3 Å². The molecule has 1 amide bonds. The first-order valence-electron chi connectivity index (χ1n) is 10.5. The highest BCUT2D eigenvalue weighted by molar-refractivity contribution is 9.10. The lowest BCUT2D eigenvalue weighted by atomic mass is 10.0. The highest BCUT2D eigenvalue weighted by atomic mass is 79.9. The van der Waals surface area contributed by atoms with Gasteiger partial charge >= 0.3 is 12.1 Å². The Bertz CT molecular complexity index is 1180. The number of aryl methyl sites for hydroxylation is 1. The summed E-state index contributed by atoms with van der Waals surface area (Å²) < 4.78 is 32.7. The average molecular weight is 538 g/mol. The summed E-state index contributed by atoms with van der Waals surface area (Å²) in [5, 5.41) is 13.2. The molecule has 0 aliphatic carbocycles. The molecular formula is C24H23BrF3N3O3. The molecule has 0 bridgehead atoms. The van der Waals surface area contributed by atoms with Crippen LogP contribution in [0.25, 0.3) is 10.8 Å². The lowest BCUT2D eigenvalue weighted by Crippen LogP contribution is -2.45. The number of fused-ring (bicyclic) bond motifs is 1. The molecule has 1 aliphatic rings. The lowest BCUT2D eigenvalue weighted by molar-refractivity contribution is -0.192. The molecule has 180 valence electrons. The number of nitrogens with one attached hydrogen (secondary N) is 1. The van der Waals surface area contributed by atoms with Crippen LogP contribution in [0.1, 0.15) is 28.8 Å². The molecule has 1 aliphatic heterocycles. The molecule has 0 radical (unpaired) electrons. The Morgan fingerprint density at radius 2 is 1.88 bits per heavy atom. The maximum absolute atomic E-state index is 12.9.